The average molecular weight is 316 g/mol. The van der Waals surface area contributed by atoms with Crippen LogP contribution in [0, 0.1) is 8.99 Å². The van der Waals surface area contributed by atoms with Crippen LogP contribution >= 0.6 is 22.6 Å². The number of halogens is 1. The molecular weight excluding hydrogens is 299 g/mol. The van der Waals surface area contributed by atoms with Gasteiger partial charge in [0.05, 0.1) is 11.4 Å². The Morgan fingerprint density at radius 1 is 1.47 bits per heavy atom. The van der Waals surface area contributed by atoms with Gasteiger partial charge in [-0.25, -0.2) is 0 Å². The van der Waals surface area contributed by atoms with Crippen molar-refractivity contribution in [1.29, 1.82) is 0 Å². The Kier molecular flexibility index (Phi) is 3.09. The molecule has 0 saturated heterocycles. The topological polar surface area (TPSA) is 38.0 Å². The fourth-order valence-electron chi connectivity index (χ4n) is 1.96. The highest BCUT2D eigenvalue weighted by molar-refractivity contribution is 14.1. The van der Waals surface area contributed by atoms with Crippen molar-refractivity contribution in [3.8, 4) is 0 Å². The van der Waals surface area contributed by atoms with Gasteiger partial charge in [0.15, 0.2) is 0 Å². The van der Waals surface area contributed by atoms with E-state index in [-0.39, 0.29) is 0 Å². The van der Waals surface area contributed by atoms with Crippen LogP contribution in [0.3, 0.4) is 0 Å². The lowest BCUT2D eigenvalue weighted by molar-refractivity contribution is 0.180. The second-order valence-electron chi connectivity index (χ2n) is 4.75. The van der Waals surface area contributed by atoms with Crippen molar-refractivity contribution in [2.75, 3.05) is 17.6 Å². The molecule has 3 heteroatoms. The number of hydrogen-bond donors (Lipinski definition) is 2. The van der Waals surface area contributed by atoms with Crippen molar-refractivity contribution in [2.24, 2.45) is 5.41 Å². The van der Waals surface area contributed by atoms with E-state index in [0.29, 0.717) is 5.41 Å². The van der Waals surface area contributed by atoms with E-state index in [1.54, 1.807) is 0 Å². The van der Waals surface area contributed by atoms with Crippen LogP contribution in [0.25, 0.3) is 0 Å². The van der Waals surface area contributed by atoms with Gasteiger partial charge in [-0.05, 0) is 59.0 Å². The third-order valence-corrected chi connectivity index (χ3v) is 3.95. The number of nitrogen functional groups attached to an aromatic ring is 1. The van der Waals surface area contributed by atoms with E-state index in [9.17, 15) is 0 Å². The number of benzene rings is 1. The minimum atomic E-state index is 0.495. The molecule has 2 rings (SSSR count). The van der Waals surface area contributed by atoms with Gasteiger partial charge in [-0.3, -0.25) is 0 Å². The maximum Gasteiger partial charge on any atom is 0.0574 e. The zero-order valence-electron chi connectivity index (χ0n) is 9.02. The Hall–Kier alpha value is -0.450. The smallest absolute Gasteiger partial charge is 0.0574 e. The first-order chi connectivity index (χ1) is 7.09. The molecular formula is C12H17IN2. The van der Waals surface area contributed by atoms with E-state index < -0.39 is 0 Å². The summed E-state index contributed by atoms with van der Waals surface area (Å²) in [4.78, 5) is 0. The maximum absolute atomic E-state index is 5.94. The molecule has 1 aromatic rings. The van der Waals surface area contributed by atoms with E-state index in [1.165, 1.54) is 22.8 Å². The van der Waals surface area contributed by atoms with Gasteiger partial charge in [0, 0.05) is 10.1 Å². The van der Waals surface area contributed by atoms with Gasteiger partial charge in [0.25, 0.3) is 0 Å². The molecule has 0 radical (unpaired) electrons. The molecule has 0 spiro atoms. The fourth-order valence-corrected chi connectivity index (χ4v) is 2.48. The number of nitrogens with two attached hydrogens (primary N) is 1. The van der Waals surface area contributed by atoms with Crippen LogP contribution in [-0.4, -0.2) is 6.54 Å². The zero-order valence-corrected chi connectivity index (χ0v) is 11.2. The molecule has 0 unspecified atom stereocenters. The quantitative estimate of drug-likeness (QED) is 0.662. The summed E-state index contributed by atoms with van der Waals surface area (Å²) in [7, 11) is 0. The highest BCUT2D eigenvalue weighted by Gasteiger charge is 2.31. The van der Waals surface area contributed by atoms with Gasteiger partial charge in [-0.2, -0.15) is 0 Å². The predicted octanol–water partition coefficient (Wildman–Crippen LogP) is 3.48. The summed E-state index contributed by atoms with van der Waals surface area (Å²) in [5.74, 6) is 0. The van der Waals surface area contributed by atoms with Crippen molar-refractivity contribution >= 4 is 34.0 Å². The molecule has 15 heavy (non-hydrogen) atoms. The molecule has 1 aliphatic rings. The van der Waals surface area contributed by atoms with Crippen molar-refractivity contribution < 1.29 is 0 Å². The van der Waals surface area contributed by atoms with E-state index in [2.05, 4.69) is 47.0 Å². The summed E-state index contributed by atoms with van der Waals surface area (Å²) < 4.78 is 1.19. The molecule has 1 fully saturated rings. The molecule has 0 aromatic heterocycles. The van der Waals surface area contributed by atoms with Crippen LogP contribution in [0.2, 0.25) is 0 Å². The van der Waals surface area contributed by atoms with Gasteiger partial charge < -0.3 is 11.1 Å². The van der Waals surface area contributed by atoms with Crippen molar-refractivity contribution in [1.82, 2.24) is 0 Å². The average Bonchev–Trinajstić information content (AvgIpc) is 2.14. The highest BCUT2D eigenvalue weighted by Crippen LogP contribution is 2.40. The molecule has 0 aliphatic heterocycles. The monoisotopic (exact) mass is 316 g/mol. The molecule has 1 aromatic carbocycles. The van der Waals surface area contributed by atoms with E-state index >= 15 is 0 Å². The molecule has 1 saturated carbocycles. The lowest BCUT2D eigenvalue weighted by atomic mass is 9.70. The van der Waals surface area contributed by atoms with E-state index in [4.69, 9.17) is 5.73 Å². The molecule has 82 valence electrons. The van der Waals surface area contributed by atoms with Crippen molar-refractivity contribution in [3.05, 3.63) is 21.8 Å². The molecule has 0 atom stereocenters. The Labute approximate surface area is 105 Å². The SMILES string of the molecule is CC1(CNc2ccc(I)cc2N)CCC1. The number of rotatable bonds is 3. The molecule has 3 N–H and O–H groups in total. The molecule has 0 bridgehead atoms. The Morgan fingerprint density at radius 3 is 2.73 bits per heavy atom. The summed E-state index contributed by atoms with van der Waals surface area (Å²) in [5, 5.41) is 3.45. The minimum absolute atomic E-state index is 0.495. The van der Waals surface area contributed by atoms with Crippen LogP contribution in [0.4, 0.5) is 11.4 Å². The van der Waals surface area contributed by atoms with Gasteiger partial charge in [-0.15, -0.1) is 0 Å². The van der Waals surface area contributed by atoms with Gasteiger partial charge in [-0.1, -0.05) is 13.3 Å². The van der Waals surface area contributed by atoms with Crippen LogP contribution in [0.1, 0.15) is 26.2 Å². The lowest BCUT2D eigenvalue weighted by Gasteiger charge is -2.38. The maximum atomic E-state index is 5.94. The summed E-state index contributed by atoms with van der Waals surface area (Å²) in [6.07, 6.45) is 4.05. The van der Waals surface area contributed by atoms with E-state index in [0.717, 1.165) is 17.9 Å². The summed E-state index contributed by atoms with van der Waals surface area (Å²) >= 11 is 2.28. The molecule has 1 aliphatic carbocycles. The Bertz CT molecular complexity index is 359. The van der Waals surface area contributed by atoms with Gasteiger partial charge >= 0.3 is 0 Å². The normalized spacial score (nSPS) is 18.3. The third kappa shape index (κ3) is 2.56. The van der Waals surface area contributed by atoms with Crippen LogP contribution in [0.15, 0.2) is 18.2 Å². The summed E-state index contributed by atoms with van der Waals surface area (Å²) in [6, 6.07) is 6.16. The number of nitrogens with one attached hydrogen (secondary N) is 1. The second kappa shape index (κ2) is 4.20. The standard InChI is InChI=1S/C12H17IN2/c1-12(5-2-6-12)8-15-11-4-3-9(13)7-10(11)14/h3-4,7,15H,2,5-6,8,14H2,1H3. The summed E-state index contributed by atoms with van der Waals surface area (Å²) in [6.45, 7) is 3.38. The fraction of sp³-hybridized carbons (Fsp3) is 0.500. The van der Waals surface area contributed by atoms with Crippen molar-refractivity contribution in [3.63, 3.8) is 0 Å². The highest BCUT2D eigenvalue weighted by atomic mass is 127. The molecule has 0 heterocycles. The third-order valence-electron chi connectivity index (χ3n) is 3.28. The zero-order chi connectivity index (χ0) is 10.9. The molecule has 2 nitrogen and oxygen atoms in total. The van der Waals surface area contributed by atoms with Crippen molar-refractivity contribution in [2.45, 2.75) is 26.2 Å². The van der Waals surface area contributed by atoms with Gasteiger partial charge in [0.1, 0.15) is 0 Å². The first-order valence-corrected chi connectivity index (χ1v) is 6.46. The van der Waals surface area contributed by atoms with Crippen LogP contribution < -0.4 is 11.1 Å². The number of hydrogen-bond acceptors (Lipinski definition) is 2. The first-order valence-electron chi connectivity index (χ1n) is 5.38. The largest absolute Gasteiger partial charge is 0.397 e. The Morgan fingerprint density at radius 2 is 2.20 bits per heavy atom. The first kappa shape index (κ1) is 11.0. The lowest BCUT2D eigenvalue weighted by Crippen LogP contribution is -2.33. The van der Waals surface area contributed by atoms with Crippen LogP contribution in [-0.2, 0) is 0 Å². The Balaban J connectivity index is 1.98. The predicted molar refractivity (Wildman–Crippen MR) is 74.0 cm³/mol. The minimum Gasteiger partial charge on any atom is -0.397 e. The number of anilines is 2. The van der Waals surface area contributed by atoms with Crippen LogP contribution in [0.5, 0.6) is 0 Å². The van der Waals surface area contributed by atoms with E-state index in [1.807, 2.05) is 6.07 Å². The molecule has 0 amide bonds. The summed E-state index contributed by atoms with van der Waals surface area (Å²) in [5.41, 5.74) is 8.36. The second-order valence-corrected chi connectivity index (χ2v) is 5.99. The van der Waals surface area contributed by atoms with Gasteiger partial charge in [0.2, 0.25) is 0 Å².